The van der Waals surface area contributed by atoms with E-state index in [4.69, 9.17) is 5.11 Å². The van der Waals surface area contributed by atoms with E-state index in [-0.39, 0.29) is 12.5 Å². The van der Waals surface area contributed by atoms with Crippen molar-refractivity contribution in [3.8, 4) is 0 Å². The van der Waals surface area contributed by atoms with Crippen LogP contribution in [0.3, 0.4) is 0 Å². The second-order valence-corrected chi connectivity index (χ2v) is 4.91. The normalized spacial score (nSPS) is 10.3. The molecule has 0 saturated carbocycles. The third-order valence-electron chi connectivity index (χ3n) is 3.09. The summed E-state index contributed by atoms with van der Waals surface area (Å²) in [5, 5.41) is 13.8. The lowest BCUT2D eigenvalue weighted by atomic mass is 10.1. The summed E-state index contributed by atoms with van der Waals surface area (Å²) in [6, 6.07) is 15.9. The summed E-state index contributed by atoms with van der Waals surface area (Å²) in [5.74, 6) is -1.90. The highest BCUT2D eigenvalue weighted by Crippen LogP contribution is 2.10. The van der Waals surface area contributed by atoms with Crippen LogP contribution >= 0.6 is 0 Å². The van der Waals surface area contributed by atoms with Gasteiger partial charge in [-0.15, -0.1) is 0 Å². The predicted molar refractivity (Wildman–Crippen MR) is 89.5 cm³/mol. The molecular formula is C18H16N2O4. The Labute approximate surface area is 138 Å². The summed E-state index contributed by atoms with van der Waals surface area (Å²) in [4.78, 5) is 33.8. The average Bonchev–Trinajstić information content (AvgIpc) is 2.59. The maximum Gasteiger partial charge on any atom is 0.328 e. The third-order valence-corrected chi connectivity index (χ3v) is 3.09. The first kappa shape index (κ1) is 17.0. The van der Waals surface area contributed by atoms with Gasteiger partial charge in [-0.1, -0.05) is 30.3 Å². The highest BCUT2D eigenvalue weighted by molar-refractivity contribution is 6.04. The van der Waals surface area contributed by atoms with Crippen molar-refractivity contribution in [3.05, 3.63) is 77.9 Å². The summed E-state index contributed by atoms with van der Waals surface area (Å²) in [6.45, 7) is 0.239. The van der Waals surface area contributed by atoms with E-state index in [1.54, 1.807) is 36.4 Å². The molecule has 0 aliphatic carbocycles. The fraction of sp³-hybridized carbons (Fsp3) is 0.0556. The zero-order chi connectivity index (χ0) is 17.4. The molecule has 2 rings (SSSR count). The van der Waals surface area contributed by atoms with Gasteiger partial charge in [0.05, 0.1) is 0 Å². The topological polar surface area (TPSA) is 95.5 Å². The maximum atomic E-state index is 12.1. The molecule has 0 unspecified atom stereocenters. The molecule has 0 radical (unpaired) electrons. The van der Waals surface area contributed by atoms with Crippen molar-refractivity contribution in [2.75, 3.05) is 5.32 Å². The van der Waals surface area contributed by atoms with E-state index >= 15 is 0 Å². The number of hydrogen-bond donors (Lipinski definition) is 3. The van der Waals surface area contributed by atoms with Crippen LogP contribution in [0.2, 0.25) is 0 Å². The lowest BCUT2D eigenvalue weighted by Crippen LogP contribution is -2.20. The standard InChI is InChI=1S/C18H16N2O4/c21-16(10-11-17(22)23)19-12-13-6-8-14(9-7-13)18(24)20-15-4-2-1-3-5-15/h1-11H,12H2,(H,19,21)(H,20,24)(H,22,23)/b11-10-. The van der Waals surface area contributed by atoms with Crippen LogP contribution in [0.5, 0.6) is 0 Å². The molecule has 122 valence electrons. The van der Waals surface area contributed by atoms with E-state index in [0.29, 0.717) is 11.3 Å². The van der Waals surface area contributed by atoms with Gasteiger partial charge in [0.2, 0.25) is 5.91 Å². The third kappa shape index (κ3) is 5.42. The van der Waals surface area contributed by atoms with Gasteiger partial charge in [0.15, 0.2) is 0 Å². The Kier molecular flexibility index (Phi) is 5.85. The van der Waals surface area contributed by atoms with E-state index in [2.05, 4.69) is 10.6 Å². The van der Waals surface area contributed by atoms with Crippen molar-refractivity contribution in [2.24, 2.45) is 0 Å². The van der Waals surface area contributed by atoms with E-state index in [9.17, 15) is 14.4 Å². The van der Waals surface area contributed by atoms with E-state index < -0.39 is 11.9 Å². The van der Waals surface area contributed by atoms with Crippen LogP contribution < -0.4 is 10.6 Å². The Hall–Kier alpha value is -3.41. The number of aliphatic carboxylic acids is 1. The van der Waals surface area contributed by atoms with Gasteiger partial charge < -0.3 is 15.7 Å². The SMILES string of the molecule is O=C(O)/C=C\C(=O)NCc1ccc(C(=O)Nc2ccccc2)cc1. The molecule has 3 N–H and O–H groups in total. The molecule has 0 spiro atoms. The van der Waals surface area contributed by atoms with E-state index in [1.165, 1.54) is 0 Å². The highest BCUT2D eigenvalue weighted by Gasteiger charge is 2.06. The zero-order valence-electron chi connectivity index (χ0n) is 12.7. The smallest absolute Gasteiger partial charge is 0.328 e. The molecule has 0 bridgehead atoms. The van der Waals surface area contributed by atoms with Gasteiger partial charge in [-0.05, 0) is 29.8 Å². The number of hydrogen-bond acceptors (Lipinski definition) is 3. The molecule has 2 aromatic rings. The molecule has 24 heavy (non-hydrogen) atoms. The van der Waals surface area contributed by atoms with Gasteiger partial charge in [-0.3, -0.25) is 9.59 Å². The summed E-state index contributed by atoms with van der Waals surface area (Å²) in [7, 11) is 0. The quantitative estimate of drug-likeness (QED) is 0.710. The van der Waals surface area contributed by atoms with Gasteiger partial charge in [0.25, 0.3) is 5.91 Å². The zero-order valence-corrected chi connectivity index (χ0v) is 12.7. The minimum atomic E-state index is -1.18. The molecule has 0 fully saturated rings. The van der Waals surface area contributed by atoms with Crippen molar-refractivity contribution in [2.45, 2.75) is 6.54 Å². The Morgan fingerprint density at radius 1 is 0.917 bits per heavy atom. The molecule has 0 heterocycles. The lowest BCUT2D eigenvalue weighted by molar-refractivity contribution is -0.131. The largest absolute Gasteiger partial charge is 0.478 e. The number of para-hydroxylation sites is 1. The predicted octanol–water partition coefficient (Wildman–Crippen LogP) is 2.20. The fourth-order valence-electron chi connectivity index (χ4n) is 1.89. The second-order valence-electron chi connectivity index (χ2n) is 4.91. The van der Waals surface area contributed by atoms with Crippen LogP contribution in [0.4, 0.5) is 5.69 Å². The molecule has 0 atom stereocenters. The van der Waals surface area contributed by atoms with E-state index in [0.717, 1.165) is 17.7 Å². The Morgan fingerprint density at radius 2 is 1.58 bits per heavy atom. The monoisotopic (exact) mass is 324 g/mol. The van der Waals surface area contributed by atoms with Gasteiger partial charge in [0.1, 0.15) is 0 Å². The lowest BCUT2D eigenvalue weighted by Gasteiger charge is -2.06. The molecular weight excluding hydrogens is 308 g/mol. The summed E-state index contributed by atoms with van der Waals surface area (Å²) in [6.07, 6.45) is 1.72. The molecule has 6 heteroatoms. The van der Waals surface area contributed by atoms with Crippen LogP contribution in [0.1, 0.15) is 15.9 Å². The van der Waals surface area contributed by atoms with Crippen LogP contribution in [0.25, 0.3) is 0 Å². The number of rotatable bonds is 6. The maximum absolute atomic E-state index is 12.1. The summed E-state index contributed by atoms with van der Waals surface area (Å²) >= 11 is 0. The Bertz CT molecular complexity index is 752. The van der Waals surface area contributed by atoms with Gasteiger partial charge in [-0.25, -0.2) is 4.79 Å². The number of benzene rings is 2. The molecule has 6 nitrogen and oxygen atoms in total. The first-order chi connectivity index (χ1) is 11.5. The van der Waals surface area contributed by atoms with E-state index in [1.807, 2.05) is 18.2 Å². The van der Waals surface area contributed by atoms with Crippen LogP contribution in [0, 0.1) is 0 Å². The number of amides is 2. The summed E-state index contributed by atoms with van der Waals surface area (Å²) in [5.41, 5.74) is 2.01. The number of carboxylic acid groups (broad SMARTS) is 1. The number of anilines is 1. The van der Waals surface area contributed by atoms with Crippen molar-refractivity contribution < 1.29 is 19.5 Å². The van der Waals surface area contributed by atoms with Crippen molar-refractivity contribution >= 4 is 23.5 Å². The number of carbonyl (C=O) groups excluding carboxylic acids is 2. The number of carboxylic acids is 1. The molecule has 0 saturated heterocycles. The van der Waals surface area contributed by atoms with Crippen molar-refractivity contribution in [3.63, 3.8) is 0 Å². The minimum Gasteiger partial charge on any atom is -0.478 e. The fourth-order valence-corrected chi connectivity index (χ4v) is 1.89. The van der Waals surface area contributed by atoms with Crippen LogP contribution in [-0.4, -0.2) is 22.9 Å². The van der Waals surface area contributed by atoms with Crippen molar-refractivity contribution in [1.29, 1.82) is 0 Å². The van der Waals surface area contributed by atoms with Gasteiger partial charge >= 0.3 is 5.97 Å². The van der Waals surface area contributed by atoms with Gasteiger partial charge in [0, 0.05) is 29.9 Å². The minimum absolute atomic E-state index is 0.221. The van der Waals surface area contributed by atoms with Gasteiger partial charge in [-0.2, -0.15) is 0 Å². The van der Waals surface area contributed by atoms with Crippen molar-refractivity contribution in [1.82, 2.24) is 5.32 Å². The Balaban J connectivity index is 1.89. The second kappa shape index (κ2) is 8.28. The molecule has 0 aliphatic heterocycles. The molecule has 2 aromatic carbocycles. The average molecular weight is 324 g/mol. The highest BCUT2D eigenvalue weighted by atomic mass is 16.4. The first-order valence-corrected chi connectivity index (χ1v) is 7.19. The molecule has 2 amide bonds. The molecule has 0 aliphatic rings. The molecule has 0 aromatic heterocycles. The first-order valence-electron chi connectivity index (χ1n) is 7.19. The van der Waals surface area contributed by atoms with Crippen LogP contribution in [-0.2, 0) is 16.1 Å². The number of carbonyl (C=O) groups is 3. The Morgan fingerprint density at radius 3 is 2.21 bits per heavy atom. The summed E-state index contributed by atoms with van der Waals surface area (Å²) < 4.78 is 0. The number of nitrogens with one attached hydrogen (secondary N) is 2. The van der Waals surface area contributed by atoms with Crippen LogP contribution in [0.15, 0.2) is 66.7 Å².